The smallest absolute Gasteiger partial charge is 0.128 e. The minimum absolute atomic E-state index is 0.296. The lowest BCUT2D eigenvalue weighted by atomic mass is 10.1. The zero-order valence-corrected chi connectivity index (χ0v) is 12.8. The van der Waals surface area contributed by atoms with Gasteiger partial charge in [0.15, 0.2) is 0 Å². The molecule has 0 bridgehead atoms. The SMILES string of the molecule is O/N=C(/CN1CCN(c2ccccn2)CC1)c1ccc(F)cc1. The van der Waals surface area contributed by atoms with Crippen LogP contribution in [0.5, 0.6) is 0 Å². The number of oxime groups is 1. The third-order valence-electron chi connectivity index (χ3n) is 4.02. The summed E-state index contributed by atoms with van der Waals surface area (Å²) in [6, 6.07) is 11.9. The molecule has 5 nitrogen and oxygen atoms in total. The normalized spacial score (nSPS) is 16.6. The van der Waals surface area contributed by atoms with Crippen molar-refractivity contribution in [2.45, 2.75) is 0 Å². The fourth-order valence-electron chi connectivity index (χ4n) is 2.71. The predicted molar refractivity (Wildman–Crippen MR) is 87.6 cm³/mol. The summed E-state index contributed by atoms with van der Waals surface area (Å²) in [5.41, 5.74) is 1.29. The highest BCUT2D eigenvalue weighted by molar-refractivity contribution is 6.01. The Morgan fingerprint density at radius 2 is 1.83 bits per heavy atom. The highest BCUT2D eigenvalue weighted by Gasteiger charge is 2.19. The zero-order valence-electron chi connectivity index (χ0n) is 12.8. The van der Waals surface area contributed by atoms with Gasteiger partial charge in [-0.3, -0.25) is 4.90 Å². The number of piperazine rings is 1. The van der Waals surface area contributed by atoms with Gasteiger partial charge in [-0.25, -0.2) is 9.37 Å². The Labute approximate surface area is 134 Å². The second kappa shape index (κ2) is 7.19. The Hall–Kier alpha value is -2.47. The number of hydrogen-bond acceptors (Lipinski definition) is 5. The lowest BCUT2D eigenvalue weighted by molar-refractivity contribution is 0.280. The number of pyridine rings is 1. The van der Waals surface area contributed by atoms with E-state index in [0.717, 1.165) is 37.6 Å². The van der Waals surface area contributed by atoms with Crippen molar-refractivity contribution in [1.29, 1.82) is 0 Å². The van der Waals surface area contributed by atoms with Crippen LogP contribution in [0.15, 0.2) is 53.8 Å². The first-order valence-corrected chi connectivity index (χ1v) is 7.61. The summed E-state index contributed by atoms with van der Waals surface area (Å²) >= 11 is 0. The van der Waals surface area contributed by atoms with Crippen molar-refractivity contribution in [2.24, 2.45) is 5.16 Å². The Morgan fingerprint density at radius 3 is 2.43 bits per heavy atom. The van der Waals surface area contributed by atoms with E-state index in [1.54, 1.807) is 18.3 Å². The van der Waals surface area contributed by atoms with E-state index >= 15 is 0 Å². The molecule has 0 spiro atoms. The minimum Gasteiger partial charge on any atom is -0.411 e. The van der Waals surface area contributed by atoms with Gasteiger partial charge >= 0.3 is 0 Å². The summed E-state index contributed by atoms with van der Waals surface area (Å²) in [4.78, 5) is 8.83. The highest BCUT2D eigenvalue weighted by Crippen LogP contribution is 2.13. The molecule has 0 radical (unpaired) electrons. The van der Waals surface area contributed by atoms with Gasteiger partial charge in [0.2, 0.25) is 0 Å². The Kier molecular flexibility index (Phi) is 4.83. The molecule has 2 heterocycles. The van der Waals surface area contributed by atoms with Crippen LogP contribution < -0.4 is 4.90 Å². The highest BCUT2D eigenvalue weighted by atomic mass is 19.1. The lowest BCUT2D eigenvalue weighted by Gasteiger charge is -2.35. The summed E-state index contributed by atoms with van der Waals surface area (Å²) in [6.07, 6.45) is 1.80. The summed E-state index contributed by atoms with van der Waals surface area (Å²) < 4.78 is 13.0. The molecule has 1 saturated heterocycles. The van der Waals surface area contributed by atoms with E-state index in [4.69, 9.17) is 0 Å². The van der Waals surface area contributed by atoms with E-state index in [2.05, 4.69) is 19.9 Å². The van der Waals surface area contributed by atoms with E-state index in [-0.39, 0.29) is 5.82 Å². The van der Waals surface area contributed by atoms with Gasteiger partial charge in [0.1, 0.15) is 17.3 Å². The molecule has 1 aliphatic heterocycles. The number of halogens is 1. The van der Waals surface area contributed by atoms with Gasteiger partial charge in [-0.05, 0) is 24.3 Å². The zero-order chi connectivity index (χ0) is 16.1. The van der Waals surface area contributed by atoms with Gasteiger partial charge in [-0.15, -0.1) is 0 Å². The Morgan fingerprint density at radius 1 is 1.09 bits per heavy atom. The number of hydrogen-bond donors (Lipinski definition) is 1. The van der Waals surface area contributed by atoms with Gasteiger partial charge in [0.05, 0.1) is 0 Å². The maximum absolute atomic E-state index is 13.0. The quantitative estimate of drug-likeness (QED) is 0.534. The first-order valence-electron chi connectivity index (χ1n) is 7.61. The largest absolute Gasteiger partial charge is 0.411 e. The molecule has 1 fully saturated rings. The van der Waals surface area contributed by atoms with Crippen molar-refractivity contribution in [3.05, 3.63) is 60.0 Å². The standard InChI is InChI=1S/C17H19FN4O/c18-15-6-4-14(5-7-15)16(20-23)13-21-9-11-22(12-10-21)17-3-1-2-8-19-17/h1-8,23H,9-13H2/b20-16-. The fraction of sp³-hybridized carbons (Fsp3) is 0.294. The second-order valence-corrected chi connectivity index (χ2v) is 5.50. The summed E-state index contributed by atoms with van der Waals surface area (Å²) in [6.45, 7) is 4.00. The van der Waals surface area contributed by atoms with Crippen LogP contribution in [0.3, 0.4) is 0 Å². The summed E-state index contributed by atoms with van der Waals surface area (Å²) in [7, 11) is 0. The first kappa shape index (κ1) is 15.4. The van der Waals surface area contributed by atoms with Crippen molar-refractivity contribution in [1.82, 2.24) is 9.88 Å². The van der Waals surface area contributed by atoms with Gasteiger partial charge in [0, 0.05) is 44.5 Å². The maximum Gasteiger partial charge on any atom is 0.128 e. The molecule has 2 aromatic rings. The summed E-state index contributed by atoms with van der Waals surface area (Å²) in [5.74, 6) is 0.691. The molecular weight excluding hydrogens is 295 g/mol. The maximum atomic E-state index is 13.0. The van der Waals surface area contributed by atoms with Crippen molar-refractivity contribution in [3.8, 4) is 0 Å². The van der Waals surface area contributed by atoms with Crippen LogP contribution in [-0.4, -0.2) is 53.5 Å². The molecule has 3 rings (SSSR count). The Balaban J connectivity index is 1.58. The second-order valence-electron chi connectivity index (χ2n) is 5.50. The van der Waals surface area contributed by atoms with Crippen molar-refractivity contribution >= 4 is 11.5 Å². The summed E-state index contributed by atoms with van der Waals surface area (Å²) in [5, 5.41) is 12.6. The molecule has 1 N–H and O–H groups in total. The van der Waals surface area contributed by atoms with Gasteiger partial charge in [0.25, 0.3) is 0 Å². The van der Waals surface area contributed by atoms with E-state index in [9.17, 15) is 9.60 Å². The molecule has 120 valence electrons. The van der Waals surface area contributed by atoms with Gasteiger partial charge < -0.3 is 10.1 Å². The Bertz CT molecular complexity index is 652. The van der Waals surface area contributed by atoms with Crippen LogP contribution >= 0.6 is 0 Å². The van der Waals surface area contributed by atoms with Gasteiger partial charge in [-0.2, -0.15) is 0 Å². The van der Waals surface area contributed by atoms with Crippen LogP contribution in [0.25, 0.3) is 0 Å². The van der Waals surface area contributed by atoms with Crippen molar-refractivity contribution in [2.75, 3.05) is 37.6 Å². The average Bonchev–Trinajstić information content (AvgIpc) is 2.62. The molecule has 0 unspecified atom stereocenters. The van der Waals surface area contributed by atoms with Crippen molar-refractivity contribution < 1.29 is 9.60 Å². The number of benzene rings is 1. The van der Waals surface area contributed by atoms with Crippen LogP contribution in [0.2, 0.25) is 0 Å². The first-order chi connectivity index (χ1) is 11.3. The average molecular weight is 314 g/mol. The fourth-order valence-corrected chi connectivity index (χ4v) is 2.71. The van der Waals surface area contributed by atoms with Crippen LogP contribution in [-0.2, 0) is 0 Å². The van der Waals surface area contributed by atoms with Crippen molar-refractivity contribution in [3.63, 3.8) is 0 Å². The van der Waals surface area contributed by atoms with E-state index in [1.165, 1.54) is 12.1 Å². The molecule has 0 aliphatic carbocycles. The molecule has 1 aliphatic rings. The number of anilines is 1. The van der Waals surface area contributed by atoms with E-state index in [1.807, 2.05) is 18.2 Å². The molecule has 0 saturated carbocycles. The molecular formula is C17H19FN4O. The van der Waals surface area contributed by atoms with E-state index in [0.29, 0.717) is 12.3 Å². The molecule has 0 atom stereocenters. The molecule has 0 amide bonds. The number of rotatable bonds is 4. The topological polar surface area (TPSA) is 52.0 Å². The molecule has 6 heteroatoms. The third-order valence-corrected chi connectivity index (χ3v) is 4.02. The van der Waals surface area contributed by atoms with Gasteiger partial charge in [-0.1, -0.05) is 23.4 Å². The van der Waals surface area contributed by atoms with Crippen LogP contribution in [0.4, 0.5) is 10.2 Å². The van der Waals surface area contributed by atoms with Crippen LogP contribution in [0.1, 0.15) is 5.56 Å². The number of nitrogens with zero attached hydrogens (tertiary/aromatic N) is 4. The number of aromatic nitrogens is 1. The molecule has 23 heavy (non-hydrogen) atoms. The molecule has 1 aromatic heterocycles. The monoisotopic (exact) mass is 314 g/mol. The molecule has 1 aromatic carbocycles. The van der Waals surface area contributed by atoms with E-state index < -0.39 is 0 Å². The lowest BCUT2D eigenvalue weighted by Crippen LogP contribution is -2.48. The minimum atomic E-state index is -0.296. The third kappa shape index (κ3) is 3.84. The van der Waals surface area contributed by atoms with Crippen LogP contribution in [0, 0.1) is 5.82 Å². The predicted octanol–water partition coefficient (Wildman–Crippen LogP) is 2.22.